The molecule has 0 unspecified atom stereocenters. The fourth-order valence-electron chi connectivity index (χ4n) is 5.40. The molecule has 1 aromatic heterocycles. The van der Waals surface area contributed by atoms with E-state index >= 15 is 0 Å². The van der Waals surface area contributed by atoms with Gasteiger partial charge in [-0.2, -0.15) is 0 Å². The lowest BCUT2D eigenvalue weighted by Gasteiger charge is -2.40. The fourth-order valence-corrected chi connectivity index (χ4v) is 5.40. The molecule has 3 aromatic rings. The number of fused-ring (bicyclic) bond motifs is 3. The number of anilines is 1. The van der Waals surface area contributed by atoms with E-state index in [1.165, 1.54) is 28.7 Å². The maximum Gasteiger partial charge on any atom is 0.222 e. The largest absolute Gasteiger partial charge is 0.383 e. The first kappa shape index (κ1) is 18.2. The highest BCUT2D eigenvalue weighted by molar-refractivity contribution is 6.01. The van der Waals surface area contributed by atoms with Gasteiger partial charge in [0.05, 0.1) is 0 Å². The molecule has 1 saturated heterocycles. The Morgan fingerprint density at radius 1 is 1.10 bits per heavy atom. The number of likely N-dealkylation sites (tertiary alicyclic amines) is 1. The number of rotatable bonds is 2. The molecule has 0 saturated carbocycles. The maximum atomic E-state index is 12.1. The molecule has 4 heteroatoms. The monoisotopic (exact) mass is 385 g/mol. The number of pyridine rings is 1. The summed E-state index contributed by atoms with van der Waals surface area (Å²) in [5.74, 6) is 0.871. The van der Waals surface area contributed by atoms with E-state index in [9.17, 15) is 4.79 Å². The van der Waals surface area contributed by atoms with Gasteiger partial charge in [0.1, 0.15) is 5.82 Å². The average molecular weight is 386 g/mol. The minimum atomic E-state index is 0.255. The summed E-state index contributed by atoms with van der Waals surface area (Å²) in [4.78, 5) is 18.3. The molecule has 4 nitrogen and oxygen atoms in total. The predicted molar refractivity (Wildman–Crippen MR) is 118 cm³/mol. The summed E-state index contributed by atoms with van der Waals surface area (Å²) in [6.45, 7) is 3.74. The van der Waals surface area contributed by atoms with Crippen LogP contribution in [0.1, 0.15) is 43.7 Å². The first-order valence-electron chi connectivity index (χ1n) is 10.7. The molecule has 0 radical (unpaired) electrons. The second-order valence-corrected chi connectivity index (χ2v) is 8.48. The molecule has 5 rings (SSSR count). The maximum absolute atomic E-state index is 12.1. The molecular formula is C25H27N3O. The summed E-state index contributed by atoms with van der Waals surface area (Å²) >= 11 is 0. The van der Waals surface area contributed by atoms with Gasteiger partial charge in [-0.25, -0.2) is 4.98 Å². The molecule has 2 aliphatic rings. The van der Waals surface area contributed by atoms with Crippen molar-refractivity contribution >= 4 is 22.5 Å². The molecule has 2 aromatic carbocycles. The van der Waals surface area contributed by atoms with E-state index in [1.807, 2.05) is 17.9 Å². The molecule has 2 N–H and O–H groups in total. The van der Waals surface area contributed by atoms with Crippen molar-refractivity contribution in [3.63, 3.8) is 0 Å². The number of piperidine rings is 1. The number of aryl methyl sites for hydroxylation is 1. The van der Waals surface area contributed by atoms with Crippen LogP contribution < -0.4 is 5.73 Å². The summed E-state index contributed by atoms with van der Waals surface area (Å²) < 4.78 is 0. The third kappa shape index (κ3) is 2.89. The highest BCUT2D eigenvalue weighted by Gasteiger charge is 2.41. The summed E-state index contributed by atoms with van der Waals surface area (Å²) in [6.07, 6.45) is 6.89. The Morgan fingerprint density at radius 3 is 2.72 bits per heavy atom. The van der Waals surface area contributed by atoms with Gasteiger partial charge in [0.2, 0.25) is 5.91 Å². The van der Waals surface area contributed by atoms with Crippen molar-refractivity contribution < 1.29 is 4.79 Å². The van der Waals surface area contributed by atoms with Crippen LogP contribution in [0, 0.1) is 0 Å². The standard InChI is InChI=1S/C25H27N3O/c1-2-23(29)28-14-11-25(12-15-28)10-8-18-16-17(6-7-22(18)25)19-4-3-5-21-20(19)9-13-27-24(21)26/h3-7,9,13,16H,2,8,10-12,14-15H2,1H3,(H2,26,27). The van der Waals surface area contributed by atoms with Crippen LogP contribution in [-0.2, 0) is 16.6 Å². The number of hydrogen-bond acceptors (Lipinski definition) is 3. The Labute approximate surface area is 171 Å². The highest BCUT2D eigenvalue weighted by Crippen LogP contribution is 2.47. The second kappa shape index (κ2) is 6.87. The van der Waals surface area contributed by atoms with Crippen LogP contribution >= 0.6 is 0 Å². The number of amides is 1. The number of benzene rings is 2. The Kier molecular flexibility index (Phi) is 4.30. The van der Waals surface area contributed by atoms with Gasteiger partial charge >= 0.3 is 0 Å². The number of carbonyl (C=O) groups is 1. The van der Waals surface area contributed by atoms with Crippen LogP contribution in [-0.4, -0.2) is 28.9 Å². The molecule has 2 heterocycles. The fraction of sp³-hybridized carbons (Fsp3) is 0.360. The zero-order valence-corrected chi connectivity index (χ0v) is 16.9. The third-order valence-corrected chi connectivity index (χ3v) is 7.07. The lowest BCUT2D eigenvalue weighted by molar-refractivity contribution is -0.132. The van der Waals surface area contributed by atoms with E-state index in [0.717, 1.165) is 43.1 Å². The molecule has 0 atom stereocenters. The zero-order chi connectivity index (χ0) is 20.0. The van der Waals surface area contributed by atoms with Crippen molar-refractivity contribution in [1.82, 2.24) is 9.88 Å². The molecule has 1 amide bonds. The topological polar surface area (TPSA) is 59.2 Å². The normalized spacial score (nSPS) is 17.6. The van der Waals surface area contributed by atoms with Crippen LogP contribution in [0.15, 0.2) is 48.7 Å². The Hall–Kier alpha value is -2.88. The van der Waals surface area contributed by atoms with Crippen molar-refractivity contribution in [3.8, 4) is 11.1 Å². The molecule has 29 heavy (non-hydrogen) atoms. The van der Waals surface area contributed by atoms with Crippen molar-refractivity contribution in [1.29, 1.82) is 0 Å². The van der Waals surface area contributed by atoms with Gasteiger partial charge in [0.25, 0.3) is 0 Å². The lowest BCUT2D eigenvalue weighted by atomic mass is 9.73. The van der Waals surface area contributed by atoms with Gasteiger partial charge in [-0.05, 0) is 64.8 Å². The number of nitrogens with two attached hydrogens (primary N) is 1. The summed E-state index contributed by atoms with van der Waals surface area (Å²) in [5, 5.41) is 2.16. The minimum absolute atomic E-state index is 0.255. The summed E-state index contributed by atoms with van der Waals surface area (Å²) in [6, 6.07) is 15.3. The Balaban J connectivity index is 1.49. The zero-order valence-electron chi connectivity index (χ0n) is 16.9. The van der Waals surface area contributed by atoms with Crippen molar-refractivity contribution in [2.75, 3.05) is 18.8 Å². The number of nitrogens with zero attached hydrogens (tertiary/aromatic N) is 2. The van der Waals surface area contributed by atoms with Gasteiger partial charge in [-0.15, -0.1) is 0 Å². The van der Waals surface area contributed by atoms with Crippen LogP contribution in [0.2, 0.25) is 0 Å². The average Bonchev–Trinajstić information content (AvgIpc) is 3.11. The molecule has 0 bridgehead atoms. The van der Waals surface area contributed by atoms with Gasteiger partial charge in [0.15, 0.2) is 0 Å². The van der Waals surface area contributed by atoms with E-state index in [2.05, 4.69) is 41.4 Å². The quantitative estimate of drug-likeness (QED) is 0.695. The van der Waals surface area contributed by atoms with Gasteiger partial charge < -0.3 is 10.6 Å². The Morgan fingerprint density at radius 2 is 1.93 bits per heavy atom. The Bertz CT molecular complexity index is 1100. The summed E-state index contributed by atoms with van der Waals surface area (Å²) in [5.41, 5.74) is 11.8. The van der Waals surface area contributed by atoms with E-state index in [4.69, 9.17) is 5.73 Å². The molecule has 1 aliphatic carbocycles. The number of hydrogen-bond donors (Lipinski definition) is 1. The van der Waals surface area contributed by atoms with E-state index in [0.29, 0.717) is 12.2 Å². The number of nitrogen functional groups attached to an aromatic ring is 1. The van der Waals surface area contributed by atoms with Gasteiger partial charge in [0, 0.05) is 31.1 Å². The first-order chi connectivity index (χ1) is 14.1. The number of aromatic nitrogens is 1. The van der Waals surface area contributed by atoms with Gasteiger partial charge in [-0.1, -0.05) is 43.3 Å². The SMILES string of the molecule is CCC(=O)N1CCC2(CCc3cc(-c4cccc5c(N)nccc45)ccc32)CC1. The first-order valence-corrected chi connectivity index (χ1v) is 10.7. The molecule has 1 aliphatic heterocycles. The summed E-state index contributed by atoms with van der Waals surface area (Å²) in [7, 11) is 0. The van der Waals surface area contributed by atoms with E-state index in [1.54, 1.807) is 6.20 Å². The molecule has 148 valence electrons. The second-order valence-electron chi connectivity index (χ2n) is 8.48. The predicted octanol–water partition coefficient (Wildman–Crippen LogP) is 4.70. The van der Waals surface area contributed by atoms with E-state index < -0.39 is 0 Å². The molecular weight excluding hydrogens is 358 g/mol. The van der Waals surface area contributed by atoms with Gasteiger partial charge in [-0.3, -0.25) is 4.79 Å². The van der Waals surface area contributed by atoms with Crippen molar-refractivity contribution in [2.45, 2.75) is 44.4 Å². The van der Waals surface area contributed by atoms with Crippen molar-refractivity contribution in [3.05, 3.63) is 59.8 Å². The smallest absolute Gasteiger partial charge is 0.222 e. The third-order valence-electron chi connectivity index (χ3n) is 7.07. The number of carbonyl (C=O) groups excluding carboxylic acids is 1. The molecule has 1 fully saturated rings. The highest BCUT2D eigenvalue weighted by atomic mass is 16.2. The van der Waals surface area contributed by atoms with Crippen LogP contribution in [0.3, 0.4) is 0 Å². The van der Waals surface area contributed by atoms with Crippen LogP contribution in [0.4, 0.5) is 5.82 Å². The van der Waals surface area contributed by atoms with Crippen LogP contribution in [0.5, 0.6) is 0 Å². The van der Waals surface area contributed by atoms with E-state index in [-0.39, 0.29) is 11.3 Å². The minimum Gasteiger partial charge on any atom is -0.383 e. The van der Waals surface area contributed by atoms with Crippen molar-refractivity contribution in [2.24, 2.45) is 0 Å². The molecule has 1 spiro atoms. The van der Waals surface area contributed by atoms with Crippen LogP contribution in [0.25, 0.3) is 21.9 Å². The lowest BCUT2D eigenvalue weighted by Crippen LogP contribution is -2.44.